The fraction of sp³-hybridized carbons (Fsp3) is 0.269. The van der Waals surface area contributed by atoms with Crippen LogP contribution in [0.25, 0.3) is 0 Å². The maximum Gasteiger partial charge on any atom is 0.501 e. The van der Waals surface area contributed by atoms with Gasteiger partial charge in [-0.25, -0.2) is 9.59 Å². The number of aryl methyl sites for hydroxylation is 2. The maximum atomic E-state index is 13.3. The number of amides is 4. The summed E-state index contributed by atoms with van der Waals surface area (Å²) in [4.78, 5) is 52.3. The van der Waals surface area contributed by atoms with E-state index in [4.69, 9.17) is 4.74 Å². The van der Waals surface area contributed by atoms with Gasteiger partial charge >= 0.3 is 17.9 Å². The van der Waals surface area contributed by atoms with Crippen molar-refractivity contribution < 1.29 is 28.5 Å². The largest absolute Gasteiger partial charge is 0.501 e. The van der Waals surface area contributed by atoms with Crippen LogP contribution >= 0.6 is 11.8 Å². The number of fused-ring (bicyclic) bond motifs is 1. The minimum atomic E-state index is -0.559. The second-order valence-electron chi connectivity index (χ2n) is 8.30. The first kappa shape index (κ1) is 24.4. The molecular formula is C26H26N3O5S+. The van der Waals surface area contributed by atoms with Crippen molar-refractivity contribution in [2.45, 2.75) is 32.6 Å². The second kappa shape index (κ2) is 10.3. The molecule has 0 saturated carbocycles. The molecule has 9 heteroatoms. The van der Waals surface area contributed by atoms with Crippen LogP contribution in [0, 0.1) is 13.8 Å². The third-order valence-electron chi connectivity index (χ3n) is 5.88. The van der Waals surface area contributed by atoms with Gasteiger partial charge in [-0.05, 0) is 73.2 Å². The average molecular weight is 493 g/mol. The van der Waals surface area contributed by atoms with Crippen molar-refractivity contribution in [3.63, 3.8) is 0 Å². The van der Waals surface area contributed by atoms with Crippen molar-refractivity contribution in [1.82, 2.24) is 4.90 Å². The number of carbonyl (C=O) groups is 4. The van der Waals surface area contributed by atoms with Crippen LogP contribution in [0.4, 0.5) is 10.5 Å². The van der Waals surface area contributed by atoms with E-state index in [1.165, 1.54) is 21.2 Å². The lowest BCUT2D eigenvalue weighted by Gasteiger charge is -2.24. The molecule has 1 N–H and O–H groups in total. The number of ether oxygens (including phenoxy) is 1. The molecule has 2 aromatic carbocycles. The third-order valence-corrected chi connectivity index (χ3v) is 6.89. The Morgan fingerprint density at radius 3 is 2.51 bits per heavy atom. The van der Waals surface area contributed by atoms with Gasteiger partial charge in [-0.2, -0.15) is 14.3 Å². The van der Waals surface area contributed by atoms with Crippen LogP contribution in [-0.2, 0) is 20.9 Å². The van der Waals surface area contributed by atoms with E-state index in [2.05, 4.69) is 5.32 Å². The van der Waals surface area contributed by atoms with Crippen LogP contribution in [0.15, 0.2) is 53.9 Å². The van der Waals surface area contributed by atoms with Gasteiger partial charge in [0.15, 0.2) is 11.8 Å². The van der Waals surface area contributed by atoms with Crippen molar-refractivity contribution in [3.05, 3.63) is 76.2 Å². The Balaban J connectivity index is 1.51. The molecule has 4 amide bonds. The van der Waals surface area contributed by atoms with Gasteiger partial charge < -0.3 is 10.1 Å². The maximum absolute atomic E-state index is 13.3. The molecule has 2 heterocycles. The summed E-state index contributed by atoms with van der Waals surface area (Å²) < 4.78 is 6.31. The van der Waals surface area contributed by atoms with E-state index in [1.54, 1.807) is 42.7 Å². The van der Waals surface area contributed by atoms with Crippen molar-refractivity contribution in [2.24, 2.45) is 0 Å². The number of hydrogen-bond acceptors (Lipinski definition) is 6. The molecule has 4 rings (SSSR count). The fourth-order valence-electron chi connectivity index (χ4n) is 3.89. The predicted molar refractivity (Wildman–Crippen MR) is 134 cm³/mol. The van der Waals surface area contributed by atoms with E-state index in [-0.39, 0.29) is 25.6 Å². The molecule has 0 radical (unpaired) electrons. The number of allylic oxidation sites excluding steroid dienone is 1. The van der Waals surface area contributed by atoms with Gasteiger partial charge in [0, 0.05) is 5.69 Å². The lowest BCUT2D eigenvalue weighted by Crippen LogP contribution is -2.55. The molecule has 180 valence electrons. The Morgan fingerprint density at radius 1 is 1.09 bits per heavy atom. The number of imide groups is 1. The summed E-state index contributed by atoms with van der Waals surface area (Å²) in [7, 11) is 0. The molecule has 0 saturated heterocycles. The van der Waals surface area contributed by atoms with Crippen molar-refractivity contribution >= 4 is 47.0 Å². The van der Waals surface area contributed by atoms with Crippen LogP contribution < -0.4 is 5.32 Å². The van der Waals surface area contributed by atoms with Gasteiger partial charge in [-0.3, -0.25) is 4.79 Å². The fourth-order valence-corrected chi connectivity index (χ4v) is 4.85. The number of carbonyl (C=O) groups excluding carboxylic acids is 4. The Bertz CT molecular complexity index is 1270. The number of nitrogens with zero attached hydrogens (tertiary/aromatic N) is 2. The molecule has 2 aromatic rings. The minimum absolute atomic E-state index is 0.135. The normalized spacial score (nSPS) is 17.0. The Morgan fingerprint density at radius 2 is 1.83 bits per heavy atom. The monoisotopic (exact) mass is 492 g/mol. The Hall–Kier alpha value is -3.72. The summed E-state index contributed by atoms with van der Waals surface area (Å²) in [5.74, 6) is -1.14. The zero-order valence-corrected chi connectivity index (χ0v) is 20.6. The number of rotatable bonds is 7. The molecule has 0 aliphatic carbocycles. The molecule has 2 aliphatic rings. The first-order valence-electron chi connectivity index (χ1n) is 11.2. The van der Waals surface area contributed by atoms with Gasteiger partial charge in [0.05, 0.1) is 12.2 Å². The molecule has 8 nitrogen and oxygen atoms in total. The zero-order chi connectivity index (χ0) is 25.1. The quantitative estimate of drug-likeness (QED) is 0.468. The van der Waals surface area contributed by atoms with E-state index in [0.29, 0.717) is 17.0 Å². The van der Waals surface area contributed by atoms with E-state index in [1.807, 2.05) is 32.0 Å². The van der Waals surface area contributed by atoms with Crippen LogP contribution in [0.1, 0.15) is 34.0 Å². The van der Waals surface area contributed by atoms with Gasteiger partial charge in [-0.15, -0.1) is 11.8 Å². The molecule has 1 unspecified atom stereocenters. The molecule has 0 spiro atoms. The molecule has 2 aliphatic heterocycles. The first-order valence-corrected chi connectivity index (χ1v) is 12.2. The van der Waals surface area contributed by atoms with Crippen LogP contribution in [-0.4, -0.2) is 57.4 Å². The van der Waals surface area contributed by atoms with E-state index < -0.39 is 23.2 Å². The number of esters is 1. The number of anilines is 1. The second-order valence-corrected chi connectivity index (χ2v) is 9.32. The lowest BCUT2D eigenvalue weighted by atomic mass is 10.1. The topological polar surface area (TPSA) is 95.8 Å². The summed E-state index contributed by atoms with van der Waals surface area (Å²) in [6.07, 6.45) is 1.71. The number of urea groups is 1. The molecule has 0 aromatic heterocycles. The molecule has 0 fully saturated rings. The molecular weight excluding hydrogens is 466 g/mol. The number of nitrogens with one attached hydrogen (secondary N) is 1. The van der Waals surface area contributed by atoms with Crippen LogP contribution in [0.5, 0.6) is 0 Å². The van der Waals surface area contributed by atoms with E-state index in [0.717, 1.165) is 16.7 Å². The highest BCUT2D eigenvalue weighted by Crippen LogP contribution is 2.29. The molecule has 35 heavy (non-hydrogen) atoms. The minimum Gasteiger partial charge on any atom is -0.462 e. The number of benzene rings is 2. The highest BCUT2D eigenvalue weighted by atomic mass is 32.2. The van der Waals surface area contributed by atoms with E-state index >= 15 is 0 Å². The number of thioether (sulfide) groups is 1. The molecule has 0 bridgehead atoms. The van der Waals surface area contributed by atoms with Gasteiger partial charge in [-0.1, -0.05) is 18.2 Å². The van der Waals surface area contributed by atoms with Gasteiger partial charge in [0.25, 0.3) is 5.91 Å². The zero-order valence-electron chi connectivity index (χ0n) is 19.7. The van der Waals surface area contributed by atoms with Crippen molar-refractivity contribution in [3.8, 4) is 0 Å². The highest BCUT2D eigenvalue weighted by molar-refractivity contribution is 8.04. The summed E-state index contributed by atoms with van der Waals surface area (Å²) in [5.41, 5.74) is 4.42. The Kier molecular flexibility index (Phi) is 7.16. The van der Waals surface area contributed by atoms with Crippen LogP contribution in [0.2, 0.25) is 0 Å². The predicted octanol–water partition coefficient (Wildman–Crippen LogP) is 3.66. The van der Waals surface area contributed by atoms with Crippen molar-refractivity contribution in [1.29, 1.82) is 0 Å². The van der Waals surface area contributed by atoms with Gasteiger partial charge in [0.1, 0.15) is 12.3 Å². The average Bonchev–Trinajstić information content (AvgIpc) is 3.32. The lowest BCUT2D eigenvalue weighted by molar-refractivity contribution is -0.426. The Labute approximate surface area is 207 Å². The smallest absolute Gasteiger partial charge is 0.462 e. The summed E-state index contributed by atoms with van der Waals surface area (Å²) in [5, 5.41) is 3.95. The summed E-state index contributed by atoms with van der Waals surface area (Å²) >= 11 is 1.32. The summed E-state index contributed by atoms with van der Waals surface area (Å²) in [6.45, 7) is 5.88. The van der Waals surface area contributed by atoms with Crippen molar-refractivity contribution in [2.75, 3.05) is 18.5 Å². The van der Waals surface area contributed by atoms with E-state index in [9.17, 15) is 19.2 Å². The first-order chi connectivity index (χ1) is 16.8. The summed E-state index contributed by atoms with van der Waals surface area (Å²) in [6, 6.07) is 11.6. The van der Waals surface area contributed by atoms with Crippen LogP contribution in [0.3, 0.4) is 0 Å². The highest BCUT2D eigenvalue weighted by Gasteiger charge is 2.49. The number of hydrogen-bond donors (Lipinski definition) is 1. The standard InChI is InChI=1S/C26H25N3O5S/c1-4-34-25(32)19-7-9-20(10-8-19)27-22(30)15-28-21-11-12-35-23(21)24(31)29(26(28)33)14-18-6-5-16(2)17(3)13-18/h5-13,23H,4,14-15H2,1-3H3/p+1. The SMILES string of the molecule is CCOC(=O)c1ccc(NC(=O)C[N+]2=C3C=CSC3C(=O)N(Cc3ccc(C)c(C)c3)C2=O)cc1. The third kappa shape index (κ3) is 5.19. The van der Waals surface area contributed by atoms with Gasteiger partial charge in [0.2, 0.25) is 0 Å². The molecule has 1 atom stereocenters.